The quantitative estimate of drug-likeness (QED) is 0.0888. The molecule has 1 aliphatic rings. The van der Waals surface area contributed by atoms with Crippen LogP contribution in [-0.2, 0) is 62.3 Å². The van der Waals surface area contributed by atoms with Crippen LogP contribution in [0.5, 0.6) is 11.5 Å². The van der Waals surface area contributed by atoms with E-state index in [0.29, 0.717) is 30.2 Å². The summed E-state index contributed by atoms with van der Waals surface area (Å²) in [6.45, 7) is 3.35. The van der Waals surface area contributed by atoms with Crippen molar-refractivity contribution in [2.75, 3.05) is 13.2 Å². The van der Waals surface area contributed by atoms with Gasteiger partial charge >= 0.3 is 0 Å². The van der Waals surface area contributed by atoms with Crippen LogP contribution in [0.2, 0.25) is 5.02 Å². The van der Waals surface area contributed by atoms with Gasteiger partial charge in [0.25, 0.3) is 0 Å². The molecule has 1 aliphatic heterocycles. The van der Waals surface area contributed by atoms with Crippen molar-refractivity contribution in [2.45, 2.75) is 70.0 Å². The number of hydrogen-bond acceptors (Lipinski definition) is 8. The van der Waals surface area contributed by atoms with Gasteiger partial charge in [-0.15, -0.1) is 0 Å². The topological polar surface area (TPSA) is 95.8 Å². The van der Waals surface area contributed by atoms with E-state index >= 15 is 0 Å². The number of hydrogen-bond donors (Lipinski definition) is 2. The summed E-state index contributed by atoms with van der Waals surface area (Å²) in [4.78, 5) is 0. The third kappa shape index (κ3) is 10.5. The first-order chi connectivity index (χ1) is 28.4. The number of benzene rings is 6. The average molecular weight is 801 g/mol. The van der Waals surface area contributed by atoms with Gasteiger partial charge in [-0.1, -0.05) is 145 Å². The molecule has 0 aromatic heterocycles. The monoisotopic (exact) mass is 800 g/mol. The predicted octanol–water partition coefficient (Wildman–Crippen LogP) is 9.55. The van der Waals surface area contributed by atoms with E-state index in [0.717, 1.165) is 33.6 Å². The van der Waals surface area contributed by atoms with Gasteiger partial charge in [-0.25, -0.2) is 0 Å². The fourth-order valence-corrected chi connectivity index (χ4v) is 7.41. The maximum atomic E-state index is 13.2. The van der Waals surface area contributed by atoms with E-state index in [1.807, 2.05) is 153 Å². The highest BCUT2D eigenvalue weighted by Crippen LogP contribution is 2.46. The fraction of sp³-hybridized carbons (Fsp3) is 0.265. The smallest absolute Gasteiger partial charge is 0.226 e. The maximum Gasteiger partial charge on any atom is 0.226 e. The summed E-state index contributed by atoms with van der Waals surface area (Å²) in [5, 5.41) is 25.3. The summed E-state index contributed by atoms with van der Waals surface area (Å²) in [5.74, 6) is -1.77. The third-order valence-corrected chi connectivity index (χ3v) is 10.5. The van der Waals surface area contributed by atoms with Crippen molar-refractivity contribution >= 4 is 11.6 Å². The lowest BCUT2D eigenvalue weighted by Crippen LogP contribution is -2.65. The molecule has 6 aromatic rings. The summed E-state index contributed by atoms with van der Waals surface area (Å²) in [5.41, 5.74) is 5.43. The number of phenols is 1. The number of phenolic OH excluding ortho intramolecular Hbond substituents is 1. The van der Waals surface area contributed by atoms with E-state index in [-0.39, 0.29) is 37.7 Å². The van der Waals surface area contributed by atoms with Gasteiger partial charge in [0.2, 0.25) is 5.79 Å². The van der Waals surface area contributed by atoms with Gasteiger partial charge in [-0.2, -0.15) is 0 Å². The lowest BCUT2D eigenvalue weighted by atomic mass is 9.86. The summed E-state index contributed by atoms with van der Waals surface area (Å²) in [6, 6.07) is 50.0. The van der Waals surface area contributed by atoms with E-state index < -0.39 is 30.2 Å². The Morgan fingerprint density at radius 3 is 1.64 bits per heavy atom. The van der Waals surface area contributed by atoms with Crippen LogP contribution in [0.3, 0.4) is 0 Å². The molecule has 0 bridgehead atoms. The number of aliphatic hydroxyl groups is 1. The molecule has 8 nitrogen and oxygen atoms in total. The van der Waals surface area contributed by atoms with Crippen LogP contribution >= 0.6 is 11.6 Å². The Balaban J connectivity index is 1.30. The third-order valence-electron chi connectivity index (χ3n) is 10.1. The standard InChI is InChI=1S/C49H49ClO8/c1-2-54-41-25-23-35(24-26-41)27-40-28-42(44(51)29-43(40)50)49(52)48(57-33-39-21-13-6-14-22-39)47(56-32-38-19-11-5-12-20-38)46(55-31-37-17-9-4-10-18-37)45(58-49)34-53-30-36-15-7-3-8-16-36/h3-26,28-29,45-48,51-52H,2,27,30-34H2,1H3/t45-,46-,47+,48-,49?/m1/s1. The number of aromatic hydroxyl groups is 1. The van der Waals surface area contributed by atoms with Crippen molar-refractivity contribution in [1.29, 1.82) is 0 Å². The highest BCUT2D eigenvalue weighted by molar-refractivity contribution is 6.31. The molecule has 9 heteroatoms. The zero-order valence-electron chi connectivity index (χ0n) is 32.5. The molecule has 1 saturated heterocycles. The molecule has 0 spiro atoms. The second kappa shape index (κ2) is 20.1. The highest BCUT2D eigenvalue weighted by atomic mass is 35.5. The minimum Gasteiger partial charge on any atom is -0.507 e. The fourth-order valence-electron chi connectivity index (χ4n) is 7.19. The lowest BCUT2D eigenvalue weighted by Gasteiger charge is -2.50. The first kappa shape index (κ1) is 41.1. The Bertz CT molecular complexity index is 2140. The van der Waals surface area contributed by atoms with E-state index in [4.69, 9.17) is 40.0 Å². The summed E-state index contributed by atoms with van der Waals surface area (Å²) >= 11 is 6.82. The van der Waals surface area contributed by atoms with Crippen LogP contribution < -0.4 is 4.74 Å². The van der Waals surface area contributed by atoms with Crippen LogP contribution in [-0.4, -0.2) is 47.8 Å². The summed E-state index contributed by atoms with van der Waals surface area (Å²) < 4.78 is 39.1. The van der Waals surface area contributed by atoms with E-state index in [9.17, 15) is 10.2 Å². The molecule has 1 unspecified atom stereocenters. The molecule has 58 heavy (non-hydrogen) atoms. The van der Waals surface area contributed by atoms with Crippen molar-refractivity contribution in [3.05, 3.63) is 202 Å². The van der Waals surface area contributed by atoms with Crippen molar-refractivity contribution < 1.29 is 38.6 Å². The van der Waals surface area contributed by atoms with E-state index in [2.05, 4.69) is 0 Å². The minimum absolute atomic E-state index is 0.0284. The molecule has 6 aromatic carbocycles. The molecule has 7 rings (SSSR count). The maximum absolute atomic E-state index is 13.2. The van der Waals surface area contributed by atoms with E-state index in [1.54, 1.807) is 6.07 Å². The Morgan fingerprint density at radius 1 is 0.603 bits per heavy atom. The molecule has 300 valence electrons. The Hall–Kier alpha value is -5.03. The SMILES string of the molecule is CCOc1ccc(Cc2cc(C3(O)O[C@H](COCc4ccccc4)[C@@H](OCc4ccccc4)[C@H](OCc4ccccc4)[C@H]3OCc3ccccc3)c(O)cc2Cl)cc1. The Kier molecular flexibility index (Phi) is 14.3. The van der Waals surface area contributed by atoms with Gasteiger partial charge in [-0.3, -0.25) is 0 Å². The minimum atomic E-state index is -2.27. The average Bonchev–Trinajstić information content (AvgIpc) is 3.25. The van der Waals surface area contributed by atoms with Crippen molar-refractivity contribution in [2.24, 2.45) is 0 Å². The van der Waals surface area contributed by atoms with Gasteiger partial charge in [0.1, 0.15) is 35.9 Å². The number of ether oxygens (including phenoxy) is 6. The zero-order chi connectivity index (χ0) is 40.2. The van der Waals surface area contributed by atoms with Crippen LogP contribution in [0, 0.1) is 0 Å². The summed E-state index contributed by atoms with van der Waals surface area (Å²) in [6.07, 6.45) is -3.42. The molecule has 0 saturated carbocycles. The summed E-state index contributed by atoms with van der Waals surface area (Å²) in [7, 11) is 0. The molecule has 1 heterocycles. The molecule has 5 atom stereocenters. The first-order valence-electron chi connectivity index (χ1n) is 19.6. The number of halogens is 1. The molecule has 0 aliphatic carbocycles. The van der Waals surface area contributed by atoms with Gasteiger partial charge in [-0.05, 0) is 71.0 Å². The zero-order valence-corrected chi connectivity index (χ0v) is 33.2. The molecule has 2 N–H and O–H groups in total. The van der Waals surface area contributed by atoms with Gasteiger partial charge < -0.3 is 38.6 Å². The van der Waals surface area contributed by atoms with Crippen LogP contribution in [0.15, 0.2) is 158 Å². The van der Waals surface area contributed by atoms with E-state index in [1.165, 1.54) is 6.07 Å². The van der Waals surface area contributed by atoms with Crippen molar-refractivity contribution in [1.82, 2.24) is 0 Å². The lowest BCUT2D eigenvalue weighted by molar-refractivity contribution is -0.379. The van der Waals surface area contributed by atoms with Gasteiger partial charge in [0.15, 0.2) is 0 Å². The molecule has 0 radical (unpaired) electrons. The van der Waals surface area contributed by atoms with Crippen LogP contribution in [0.25, 0.3) is 0 Å². The number of rotatable bonds is 18. The Labute approximate surface area is 345 Å². The molecular formula is C49H49ClO8. The van der Waals surface area contributed by atoms with Gasteiger partial charge in [0, 0.05) is 5.02 Å². The molecule has 0 amide bonds. The predicted molar refractivity (Wildman–Crippen MR) is 223 cm³/mol. The molecule has 1 fully saturated rings. The Morgan fingerprint density at radius 2 is 1.10 bits per heavy atom. The van der Waals surface area contributed by atoms with Crippen LogP contribution in [0.1, 0.15) is 45.9 Å². The van der Waals surface area contributed by atoms with Gasteiger partial charge in [0.05, 0.1) is 45.2 Å². The van der Waals surface area contributed by atoms with Crippen LogP contribution in [0.4, 0.5) is 0 Å². The highest BCUT2D eigenvalue weighted by Gasteiger charge is 2.58. The second-order valence-electron chi connectivity index (χ2n) is 14.3. The first-order valence-corrected chi connectivity index (χ1v) is 20.0. The second-order valence-corrected chi connectivity index (χ2v) is 14.7. The normalized spacial score (nSPS) is 20.5. The largest absolute Gasteiger partial charge is 0.507 e. The van der Waals surface area contributed by atoms with Crippen molar-refractivity contribution in [3.63, 3.8) is 0 Å². The van der Waals surface area contributed by atoms with Crippen molar-refractivity contribution in [3.8, 4) is 11.5 Å². The molecular weight excluding hydrogens is 752 g/mol.